The van der Waals surface area contributed by atoms with Crippen LogP contribution < -0.4 is 10.5 Å². The number of ether oxygens (including phenoxy) is 1. The minimum absolute atomic E-state index is 0.408. The van der Waals surface area contributed by atoms with Gasteiger partial charge in [-0.2, -0.15) is 13.2 Å². The zero-order valence-corrected chi connectivity index (χ0v) is 16.8. The van der Waals surface area contributed by atoms with Gasteiger partial charge < -0.3 is 15.5 Å². The molecular weight excluding hydrogens is 413 g/mol. The number of halogens is 3. The van der Waals surface area contributed by atoms with Crippen LogP contribution >= 0.6 is 11.8 Å². The van der Waals surface area contributed by atoms with E-state index in [0.717, 1.165) is 29.0 Å². The van der Waals surface area contributed by atoms with Gasteiger partial charge in [-0.1, -0.05) is 18.2 Å². The fraction of sp³-hybridized carbons (Fsp3) is 0.143. The van der Waals surface area contributed by atoms with Crippen molar-refractivity contribution in [2.45, 2.75) is 16.8 Å². The summed E-state index contributed by atoms with van der Waals surface area (Å²) in [7, 11) is 1.50. The van der Waals surface area contributed by atoms with Gasteiger partial charge in [-0.25, -0.2) is 4.98 Å². The van der Waals surface area contributed by atoms with Gasteiger partial charge in [-0.05, 0) is 43.4 Å². The SMILES string of the molecule is CN.FC(F)(F)c1cc(SCc2nc3ccc(Oc4ccccc4)cc3[nH]2)ccn1. The summed E-state index contributed by atoms with van der Waals surface area (Å²) in [5, 5.41) is 0. The molecule has 0 amide bonds. The minimum Gasteiger partial charge on any atom is -0.457 e. The lowest BCUT2D eigenvalue weighted by Gasteiger charge is -2.06. The van der Waals surface area contributed by atoms with Crippen molar-refractivity contribution < 1.29 is 17.9 Å². The Morgan fingerprint density at radius 1 is 1.00 bits per heavy atom. The van der Waals surface area contributed by atoms with Gasteiger partial charge in [-0.3, -0.25) is 4.98 Å². The topological polar surface area (TPSA) is 76.8 Å². The Kier molecular flexibility index (Phi) is 6.96. The minimum atomic E-state index is -4.45. The second-order valence-corrected chi connectivity index (χ2v) is 6.99. The van der Waals surface area contributed by atoms with Crippen LogP contribution in [0.4, 0.5) is 13.2 Å². The maximum atomic E-state index is 12.8. The highest BCUT2D eigenvalue weighted by molar-refractivity contribution is 7.98. The number of H-pyrrole nitrogens is 1. The largest absolute Gasteiger partial charge is 0.457 e. The van der Waals surface area contributed by atoms with Crippen LogP contribution in [0.2, 0.25) is 0 Å². The molecule has 30 heavy (non-hydrogen) atoms. The van der Waals surface area contributed by atoms with E-state index in [1.807, 2.05) is 48.5 Å². The van der Waals surface area contributed by atoms with E-state index < -0.39 is 11.9 Å². The fourth-order valence-electron chi connectivity index (χ4n) is 2.61. The molecule has 0 saturated carbocycles. The van der Waals surface area contributed by atoms with Crippen molar-refractivity contribution in [3.63, 3.8) is 0 Å². The van der Waals surface area contributed by atoms with Crippen molar-refractivity contribution in [1.29, 1.82) is 0 Å². The van der Waals surface area contributed by atoms with Crippen LogP contribution in [-0.4, -0.2) is 22.0 Å². The number of imidazole rings is 1. The molecule has 5 nitrogen and oxygen atoms in total. The van der Waals surface area contributed by atoms with Crippen LogP contribution in [0.5, 0.6) is 11.5 Å². The van der Waals surface area contributed by atoms with E-state index in [1.54, 1.807) is 6.07 Å². The molecule has 0 aliphatic rings. The summed E-state index contributed by atoms with van der Waals surface area (Å²) in [6, 6.07) is 17.5. The van der Waals surface area contributed by atoms with Gasteiger partial charge in [0, 0.05) is 17.2 Å². The lowest BCUT2D eigenvalue weighted by Crippen LogP contribution is -2.07. The molecule has 0 atom stereocenters. The van der Waals surface area contributed by atoms with Crippen molar-refractivity contribution in [2.24, 2.45) is 5.73 Å². The monoisotopic (exact) mass is 432 g/mol. The molecule has 9 heteroatoms. The molecule has 3 N–H and O–H groups in total. The molecule has 0 aliphatic carbocycles. The summed E-state index contributed by atoms with van der Waals surface area (Å²) in [6.45, 7) is 0. The highest BCUT2D eigenvalue weighted by Crippen LogP contribution is 2.31. The van der Waals surface area contributed by atoms with Crippen LogP contribution in [0, 0.1) is 0 Å². The Balaban J connectivity index is 0.00000124. The van der Waals surface area contributed by atoms with Gasteiger partial charge in [0.05, 0.1) is 16.8 Å². The number of aromatic nitrogens is 3. The number of rotatable bonds is 5. The van der Waals surface area contributed by atoms with Crippen molar-refractivity contribution in [3.05, 3.63) is 78.4 Å². The van der Waals surface area contributed by atoms with Crippen LogP contribution in [0.25, 0.3) is 11.0 Å². The van der Waals surface area contributed by atoms with Crippen molar-refractivity contribution in [2.75, 3.05) is 7.05 Å². The third-order valence-corrected chi connectivity index (χ3v) is 4.88. The van der Waals surface area contributed by atoms with Gasteiger partial charge in [0.15, 0.2) is 0 Å². The third kappa shape index (κ3) is 5.52. The molecule has 2 aromatic heterocycles. The summed E-state index contributed by atoms with van der Waals surface area (Å²) >= 11 is 1.26. The number of nitrogens with zero attached hydrogens (tertiary/aromatic N) is 2. The van der Waals surface area contributed by atoms with Gasteiger partial charge in [-0.15, -0.1) is 11.8 Å². The molecule has 0 bridgehead atoms. The third-order valence-electron chi connectivity index (χ3n) is 3.88. The molecule has 4 rings (SSSR count). The summed E-state index contributed by atoms with van der Waals surface area (Å²) < 4.78 is 44.1. The first kappa shape index (κ1) is 21.7. The number of para-hydroxylation sites is 1. The Morgan fingerprint density at radius 2 is 1.77 bits per heavy atom. The number of aromatic amines is 1. The van der Waals surface area contributed by atoms with E-state index in [-0.39, 0.29) is 0 Å². The maximum absolute atomic E-state index is 12.8. The van der Waals surface area contributed by atoms with Gasteiger partial charge in [0.2, 0.25) is 0 Å². The van der Waals surface area contributed by atoms with E-state index >= 15 is 0 Å². The van der Waals surface area contributed by atoms with Crippen molar-refractivity contribution in [1.82, 2.24) is 15.0 Å². The number of hydrogen-bond acceptors (Lipinski definition) is 5. The van der Waals surface area contributed by atoms with Gasteiger partial charge in [0.25, 0.3) is 0 Å². The standard InChI is InChI=1S/C20H14F3N3OS.CH5N/c21-20(22,23)18-11-15(8-9-24-18)28-12-19-25-16-7-6-14(10-17(16)26-19)27-13-4-2-1-3-5-13;1-2/h1-11H,12H2,(H,25,26);2H2,1H3. The number of benzene rings is 2. The number of alkyl halides is 3. The summed E-state index contributed by atoms with van der Waals surface area (Å²) in [5.74, 6) is 2.48. The predicted octanol–water partition coefficient (Wildman–Crippen LogP) is 5.64. The first-order valence-electron chi connectivity index (χ1n) is 8.93. The Bertz CT molecular complexity index is 1100. The molecule has 156 valence electrons. The van der Waals surface area contributed by atoms with E-state index in [9.17, 15) is 13.2 Å². The molecular formula is C21H19F3N4OS. The number of fused-ring (bicyclic) bond motifs is 1. The zero-order chi connectivity index (χ0) is 21.6. The summed E-state index contributed by atoms with van der Waals surface area (Å²) in [4.78, 5) is 11.5. The second kappa shape index (κ2) is 9.64. The average Bonchev–Trinajstić information content (AvgIpc) is 3.16. The Hall–Kier alpha value is -3.04. The first-order valence-corrected chi connectivity index (χ1v) is 9.91. The number of pyridine rings is 1. The Labute approximate surface area is 175 Å². The van der Waals surface area contributed by atoms with E-state index in [2.05, 4.69) is 20.7 Å². The fourth-order valence-corrected chi connectivity index (χ4v) is 3.40. The van der Waals surface area contributed by atoms with Crippen molar-refractivity contribution >= 4 is 22.8 Å². The quantitative estimate of drug-likeness (QED) is 0.399. The molecule has 0 unspecified atom stereocenters. The van der Waals surface area contributed by atoms with Crippen LogP contribution in [-0.2, 0) is 11.9 Å². The summed E-state index contributed by atoms with van der Waals surface area (Å²) in [6.07, 6.45) is -3.29. The smallest absolute Gasteiger partial charge is 0.433 e. The number of nitrogens with one attached hydrogen (secondary N) is 1. The van der Waals surface area contributed by atoms with Gasteiger partial charge >= 0.3 is 6.18 Å². The highest BCUT2D eigenvalue weighted by Gasteiger charge is 2.32. The van der Waals surface area contributed by atoms with Crippen molar-refractivity contribution in [3.8, 4) is 11.5 Å². The normalized spacial score (nSPS) is 11.1. The molecule has 0 fully saturated rings. The molecule has 2 aromatic carbocycles. The molecule has 0 radical (unpaired) electrons. The molecule has 0 saturated heterocycles. The van der Waals surface area contributed by atoms with Crippen LogP contribution in [0.1, 0.15) is 11.5 Å². The first-order chi connectivity index (χ1) is 14.5. The van der Waals surface area contributed by atoms with E-state index in [0.29, 0.717) is 22.2 Å². The van der Waals surface area contributed by atoms with Crippen LogP contribution in [0.15, 0.2) is 71.8 Å². The van der Waals surface area contributed by atoms with E-state index in [4.69, 9.17) is 4.74 Å². The zero-order valence-electron chi connectivity index (χ0n) is 16.0. The number of hydrogen-bond donors (Lipinski definition) is 2. The van der Waals surface area contributed by atoms with Crippen LogP contribution in [0.3, 0.4) is 0 Å². The summed E-state index contributed by atoms with van der Waals surface area (Å²) in [5.41, 5.74) is 5.17. The molecule has 0 aliphatic heterocycles. The van der Waals surface area contributed by atoms with E-state index in [1.165, 1.54) is 18.8 Å². The van der Waals surface area contributed by atoms with Gasteiger partial charge in [0.1, 0.15) is 23.0 Å². The Morgan fingerprint density at radius 3 is 2.50 bits per heavy atom. The number of nitrogens with two attached hydrogens (primary N) is 1. The molecule has 4 aromatic rings. The second-order valence-electron chi connectivity index (χ2n) is 5.94. The molecule has 0 spiro atoms. The lowest BCUT2D eigenvalue weighted by molar-refractivity contribution is -0.141. The maximum Gasteiger partial charge on any atom is 0.433 e. The predicted molar refractivity (Wildman–Crippen MR) is 112 cm³/mol. The lowest BCUT2D eigenvalue weighted by atomic mass is 10.3. The average molecular weight is 432 g/mol. The molecule has 2 heterocycles. The highest BCUT2D eigenvalue weighted by atomic mass is 32.2. The number of thioether (sulfide) groups is 1.